The number of pyridine rings is 1. The molecule has 124 valence electrons. The summed E-state index contributed by atoms with van der Waals surface area (Å²) in [5.74, 6) is 1.24. The molecule has 5 heteroatoms. The highest BCUT2D eigenvalue weighted by molar-refractivity contribution is 5.90. The van der Waals surface area contributed by atoms with E-state index in [0.717, 1.165) is 22.2 Å². The van der Waals surface area contributed by atoms with Crippen molar-refractivity contribution >= 4 is 16.6 Å². The molecule has 0 aliphatic heterocycles. The van der Waals surface area contributed by atoms with Crippen LogP contribution in [-0.4, -0.2) is 30.9 Å². The number of rotatable bonds is 6. The molecule has 5 nitrogen and oxygen atoms in total. The lowest BCUT2D eigenvalue weighted by atomic mass is 10.1. The summed E-state index contributed by atoms with van der Waals surface area (Å²) in [6, 6.07) is 15.2. The van der Waals surface area contributed by atoms with Gasteiger partial charge in [-0.1, -0.05) is 24.3 Å². The lowest BCUT2D eigenvalue weighted by Gasteiger charge is -2.16. The van der Waals surface area contributed by atoms with E-state index in [1.54, 1.807) is 32.5 Å². The molecule has 0 radical (unpaired) electrons. The van der Waals surface area contributed by atoms with Crippen molar-refractivity contribution in [1.82, 2.24) is 4.98 Å². The number of para-hydroxylation sites is 1. The molecule has 0 fully saturated rings. The number of nitrogens with zero attached hydrogens (tertiary/aromatic N) is 1. The number of aromatic nitrogens is 1. The number of aliphatic hydroxyl groups excluding tert-OH is 1. The summed E-state index contributed by atoms with van der Waals surface area (Å²) in [6.45, 7) is 0.378. The smallest absolute Gasteiger partial charge is 0.161 e. The first-order valence-electron chi connectivity index (χ1n) is 7.70. The molecule has 1 atom stereocenters. The summed E-state index contributed by atoms with van der Waals surface area (Å²) in [5, 5.41) is 14.8. The second-order valence-electron chi connectivity index (χ2n) is 5.39. The van der Waals surface area contributed by atoms with Gasteiger partial charge in [0.2, 0.25) is 0 Å². The topological polar surface area (TPSA) is 63.6 Å². The van der Waals surface area contributed by atoms with E-state index in [1.807, 2.05) is 36.4 Å². The van der Waals surface area contributed by atoms with Crippen LogP contribution < -0.4 is 14.8 Å². The average molecular weight is 324 g/mol. The Balaban J connectivity index is 1.76. The van der Waals surface area contributed by atoms with Crippen LogP contribution in [0.1, 0.15) is 11.7 Å². The SMILES string of the molecule is COc1ccc([C@H](O)CNc2ccnc3ccccc23)cc1OC. The number of benzene rings is 2. The number of fused-ring (bicyclic) bond motifs is 1. The van der Waals surface area contributed by atoms with Crippen LogP contribution in [0, 0.1) is 0 Å². The van der Waals surface area contributed by atoms with Gasteiger partial charge in [0.05, 0.1) is 25.8 Å². The predicted molar refractivity (Wildman–Crippen MR) is 94.7 cm³/mol. The fourth-order valence-corrected chi connectivity index (χ4v) is 2.63. The zero-order valence-electron chi connectivity index (χ0n) is 13.7. The Morgan fingerprint density at radius 1 is 1.04 bits per heavy atom. The van der Waals surface area contributed by atoms with E-state index in [9.17, 15) is 5.11 Å². The van der Waals surface area contributed by atoms with Crippen LogP contribution in [-0.2, 0) is 0 Å². The quantitative estimate of drug-likeness (QED) is 0.727. The van der Waals surface area contributed by atoms with E-state index in [4.69, 9.17) is 9.47 Å². The number of hydrogen-bond acceptors (Lipinski definition) is 5. The van der Waals surface area contributed by atoms with Crippen molar-refractivity contribution in [3.63, 3.8) is 0 Å². The Hall–Kier alpha value is -2.79. The van der Waals surface area contributed by atoms with Gasteiger partial charge in [0.1, 0.15) is 0 Å². The Morgan fingerprint density at radius 3 is 2.62 bits per heavy atom. The summed E-state index contributed by atoms with van der Waals surface area (Å²) >= 11 is 0. The molecule has 2 N–H and O–H groups in total. The van der Waals surface area contributed by atoms with Gasteiger partial charge in [0.25, 0.3) is 0 Å². The third-order valence-corrected chi connectivity index (χ3v) is 3.93. The van der Waals surface area contributed by atoms with E-state index < -0.39 is 6.10 Å². The molecular formula is C19H20N2O3. The lowest BCUT2D eigenvalue weighted by molar-refractivity contribution is 0.191. The molecule has 3 aromatic rings. The molecule has 0 saturated carbocycles. The van der Waals surface area contributed by atoms with Crippen LogP contribution in [0.3, 0.4) is 0 Å². The van der Waals surface area contributed by atoms with Crippen molar-refractivity contribution in [2.45, 2.75) is 6.10 Å². The first-order chi connectivity index (χ1) is 11.7. The van der Waals surface area contributed by atoms with Crippen LogP contribution in [0.2, 0.25) is 0 Å². The van der Waals surface area contributed by atoms with Crippen LogP contribution >= 0.6 is 0 Å². The predicted octanol–water partition coefficient (Wildman–Crippen LogP) is 3.40. The minimum absolute atomic E-state index is 0.378. The van der Waals surface area contributed by atoms with E-state index in [2.05, 4.69) is 10.3 Å². The number of hydrogen-bond donors (Lipinski definition) is 2. The van der Waals surface area contributed by atoms with E-state index >= 15 is 0 Å². The molecule has 0 aliphatic carbocycles. The number of ether oxygens (including phenoxy) is 2. The van der Waals surface area contributed by atoms with Crippen molar-refractivity contribution in [3.05, 3.63) is 60.3 Å². The number of aliphatic hydroxyl groups is 1. The molecule has 0 saturated heterocycles. The summed E-state index contributed by atoms with van der Waals surface area (Å²) in [4.78, 5) is 4.34. The van der Waals surface area contributed by atoms with Gasteiger partial charge in [-0.25, -0.2) is 0 Å². The summed E-state index contributed by atoms with van der Waals surface area (Å²) in [6.07, 6.45) is 1.09. The third kappa shape index (κ3) is 3.26. The maximum absolute atomic E-state index is 10.5. The maximum Gasteiger partial charge on any atom is 0.161 e. The lowest BCUT2D eigenvalue weighted by Crippen LogP contribution is -2.12. The molecule has 0 aliphatic rings. The molecule has 3 rings (SSSR count). The van der Waals surface area contributed by atoms with Gasteiger partial charge in [-0.05, 0) is 29.8 Å². The number of anilines is 1. The Labute approximate surface area is 140 Å². The number of nitrogens with one attached hydrogen (secondary N) is 1. The fraction of sp³-hybridized carbons (Fsp3) is 0.211. The Morgan fingerprint density at radius 2 is 1.83 bits per heavy atom. The normalized spacial score (nSPS) is 12.0. The van der Waals surface area contributed by atoms with Gasteiger partial charge in [-0.15, -0.1) is 0 Å². The Bertz CT molecular complexity index is 830. The minimum atomic E-state index is -0.670. The second-order valence-corrected chi connectivity index (χ2v) is 5.39. The van der Waals surface area contributed by atoms with Crippen molar-refractivity contribution in [3.8, 4) is 11.5 Å². The van der Waals surface area contributed by atoms with Crippen LogP contribution in [0.5, 0.6) is 11.5 Å². The molecule has 0 bridgehead atoms. The third-order valence-electron chi connectivity index (χ3n) is 3.93. The molecule has 24 heavy (non-hydrogen) atoms. The van der Waals surface area contributed by atoms with E-state index in [0.29, 0.717) is 18.0 Å². The molecule has 1 aromatic heterocycles. The average Bonchev–Trinajstić information content (AvgIpc) is 2.65. The fourth-order valence-electron chi connectivity index (χ4n) is 2.63. The highest BCUT2D eigenvalue weighted by Crippen LogP contribution is 2.30. The molecule has 2 aromatic carbocycles. The number of methoxy groups -OCH3 is 2. The largest absolute Gasteiger partial charge is 0.493 e. The zero-order valence-corrected chi connectivity index (χ0v) is 13.7. The molecule has 1 heterocycles. The second kappa shape index (κ2) is 7.19. The molecule has 0 amide bonds. The summed E-state index contributed by atoms with van der Waals surface area (Å²) in [5.41, 5.74) is 2.63. The van der Waals surface area contributed by atoms with Gasteiger partial charge in [0, 0.05) is 23.8 Å². The van der Waals surface area contributed by atoms with Gasteiger partial charge < -0.3 is 19.9 Å². The summed E-state index contributed by atoms with van der Waals surface area (Å²) in [7, 11) is 3.17. The summed E-state index contributed by atoms with van der Waals surface area (Å²) < 4.78 is 10.5. The molecule has 0 spiro atoms. The van der Waals surface area contributed by atoms with Gasteiger partial charge in [-0.2, -0.15) is 0 Å². The van der Waals surface area contributed by atoms with E-state index in [-0.39, 0.29) is 0 Å². The molecular weight excluding hydrogens is 304 g/mol. The van der Waals surface area contributed by atoms with E-state index in [1.165, 1.54) is 0 Å². The van der Waals surface area contributed by atoms with Crippen LogP contribution in [0.25, 0.3) is 10.9 Å². The zero-order chi connectivity index (χ0) is 16.9. The van der Waals surface area contributed by atoms with Gasteiger partial charge in [-0.3, -0.25) is 4.98 Å². The highest BCUT2D eigenvalue weighted by Gasteiger charge is 2.12. The van der Waals surface area contributed by atoms with Crippen LogP contribution in [0.15, 0.2) is 54.7 Å². The first-order valence-corrected chi connectivity index (χ1v) is 7.70. The highest BCUT2D eigenvalue weighted by atomic mass is 16.5. The monoisotopic (exact) mass is 324 g/mol. The Kier molecular flexibility index (Phi) is 4.82. The van der Waals surface area contributed by atoms with Crippen molar-refractivity contribution < 1.29 is 14.6 Å². The standard InChI is InChI=1S/C19H20N2O3/c1-23-18-8-7-13(11-19(18)24-2)17(22)12-21-16-9-10-20-15-6-4-3-5-14(15)16/h3-11,17,22H,12H2,1-2H3,(H,20,21)/t17-/m1/s1. The van der Waals surface area contributed by atoms with Crippen molar-refractivity contribution in [2.75, 3.05) is 26.1 Å². The maximum atomic E-state index is 10.5. The van der Waals surface area contributed by atoms with Crippen molar-refractivity contribution in [2.24, 2.45) is 0 Å². The van der Waals surface area contributed by atoms with Crippen molar-refractivity contribution in [1.29, 1.82) is 0 Å². The van der Waals surface area contributed by atoms with Crippen LogP contribution in [0.4, 0.5) is 5.69 Å². The minimum Gasteiger partial charge on any atom is -0.493 e. The molecule has 0 unspecified atom stereocenters. The van der Waals surface area contributed by atoms with Gasteiger partial charge >= 0.3 is 0 Å². The first kappa shape index (κ1) is 16.1. The van der Waals surface area contributed by atoms with Gasteiger partial charge in [0.15, 0.2) is 11.5 Å².